The fraction of sp³-hybridized carbons (Fsp3) is 0.458. The van der Waals surface area contributed by atoms with Gasteiger partial charge in [-0.15, -0.1) is 0 Å². The number of amides is 1. The molecule has 0 spiro atoms. The number of hydrogen-bond acceptors (Lipinski definition) is 6. The molecular formula is C24H33N3O5S. The normalized spacial score (nSPS) is 15.2. The van der Waals surface area contributed by atoms with Gasteiger partial charge in [-0.2, -0.15) is 4.31 Å². The number of hydrogen-bond donors (Lipinski definition) is 1. The minimum atomic E-state index is -3.63. The van der Waals surface area contributed by atoms with Crippen molar-refractivity contribution < 1.29 is 22.7 Å². The summed E-state index contributed by atoms with van der Waals surface area (Å²) < 4.78 is 38.5. The van der Waals surface area contributed by atoms with E-state index < -0.39 is 10.0 Å². The molecule has 1 aliphatic rings. The van der Waals surface area contributed by atoms with Crippen molar-refractivity contribution in [3.63, 3.8) is 0 Å². The second-order valence-corrected chi connectivity index (χ2v) is 10.2. The Hall–Kier alpha value is -2.62. The van der Waals surface area contributed by atoms with Crippen molar-refractivity contribution in [1.82, 2.24) is 9.21 Å². The van der Waals surface area contributed by atoms with Gasteiger partial charge in [-0.05, 0) is 55.8 Å². The molecule has 1 N–H and O–H groups in total. The van der Waals surface area contributed by atoms with Gasteiger partial charge in [-0.1, -0.05) is 25.0 Å². The predicted molar refractivity (Wildman–Crippen MR) is 128 cm³/mol. The Morgan fingerprint density at radius 1 is 1.03 bits per heavy atom. The third-order valence-corrected chi connectivity index (χ3v) is 7.54. The van der Waals surface area contributed by atoms with Gasteiger partial charge in [0.2, 0.25) is 15.9 Å². The highest BCUT2D eigenvalue weighted by Crippen LogP contribution is 2.30. The van der Waals surface area contributed by atoms with E-state index in [1.807, 2.05) is 36.2 Å². The van der Waals surface area contributed by atoms with Crippen LogP contribution in [0.1, 0.15) is 31.2 Å². The number of sulfonamides is 1. The molecule has 0 unspecified atom stereocenters. The van der Waals surface area contributed by atoms with Crippen molar-refractivity contribution in [3.05, 3.63) is 48.0 Å². The van der Waals surface area contributed by atoms with E-state index in [9.17, 15) is 13.2 Å². The van der Waals surface area contributed by atoms with E-state index in [-0.39, 0.29) is 17.3 Å². The fourth-order valence-electron chi connectivity index (χ4n) is 3.95. The third-order valence-electron chi connectivity index (χ3n) is 5.65. The number of methoxy groups -OCH3 is 2. The molecule has 1 fully saturated rings. The molecule has 0 bridgehead atoms. The number of anilines is 1. The summed E-state index contributed by atoms with van der Waals surface area (Å²) in [4.78, 5) is 14.7. The summed E-state index contributed by atoms with van der Waals surface area (Å²) in [6, 6.07) is 12.3. The van der Waals surface area contributed by atoms with Crippen molar-refractivity contribution in [2.45, 2.75) is 37.1 Å². The first kappa shape index (κ1) is 25.0. The van der Waals surface area contributed by atoms with Gasteiger partial charge >= 0.3 is 0 Å². The van der Waals surface area contributed by atoms with Crippen LogP contribution in [0.2, 0.25) is 0 Å². The lowest BCUT2D eigenvalue weighted by molar-refractivity contribution is -0.117. The molecule has 1 amide bonds. The SMILES string of the molecule is COc1cccc(CN(C)CC(=O)Nc2cc(S(=O)(=O)N3CCCCCC3)ccc2OC)c1. The van der Waals surface area contributed by atoms with Gasteiger partial charge in [0.05, 0.1) is 31.3 Å². The molecule has 0 radical (unpaired) electrons. The number of ether oxygens (including phenoxy) is 2. The van der Waals surface area contributed by atoms with Gasteiger partial charge in [0.15, 0.2) is 0 Å². The summed E-state index contributed by atoms with van der Waals surface area (Å²) in [5.41, 5.74) is 1.36. The molecule has 3 rings (SSSR count). The molecule has 9 heteroatoms. The summed E-state index contributed by atoms with van der Waals surface area (Å²) in [7, 11) is 1.31. The van der Waals surface area contributed by atoms with E-state index in [2.05, 4.69) is 5.32 Å². The first-order valence-electron chi connectivity index (χ1n) is 11.1. The standard InChI is InChI=1S/C24H33N3O5S/c1-26(17-19-9-8-10-20(15-19)31-2)18-24(28)25-22-16-21(11-12-23(22)32-3)33(29,30)27-13-6-4-5-7-14-27/h8-12,15-16H,4-7,13-14,17-18H2,1-3H3,(H,25,28). The molecule has 1 saturated heterocycles. The van der Waals surface area contributed by atoms with Crippen LogP contribution in [0.5, 0.6) is 11.5 Å². The summed E-state index contributed by atoms with van der Waals surface area (Å²) in [6.07, 6.45) is 3.80. The van der Waals surface area contributed by atoms with Gasteiger partial charge in [0.25, 0.3) is 0 Å². The second-order valence-electron chi connectivity index (χ2n) is 8.25. The van der Waals surface area contributed by atoms with Crippen LogP contribution in [0.25, 0.3) is 0 Å². The minimum Gasteiger partial charge on any atom is -0.497 e. The Morgan fingerprint density at radius 2 is 1.76 bits per heavy atom. The molecule has 2 aromatic rings. The van der Waals surface area contributed by atoms with Crippen molar-refractivity contribution >= 4 is 21.6 Å². The number of nitrogens with zero attached hydrogens (tertiary/aromatic N) is 2. The van der Waals surface area contributed by atoms with Crippen LogP contribution >= 0.6 is 0 Å². The van der Waals surface area contributed by atoms with E-state index in [4.69, 9.17) is 9.47 Å². The lowest BCUT2D eigenvalue weighted by Crippen LogP contribution is -2.32. The number of likely N-dealkylation sites (N-methyl/N-ethyl adjacent to an activating group) is 1. The number of benzene rings is 2. The van der Waals surface area contributed by atoms with E-state index >= 15 is 0 Å². The molecule has 2 aromatic carbocycles. The Bertz CT molecular complexity index is 1050. The molecule has 0 aliphatic carbocycles. The maximum atomic E-state index is 13.2. The Balaban J connectivity index is 1.70. The van der Waals surface area contributed by atoms with Crippen LogP contribution in [-0.2, 0) is 21.4 Å². The molecule has 180 valence electrons. The molecule has 1 aliphatic heterocycles. The maximum Gasteiger partial charge on any atom is 0.243 e. The van der Waals surface area contributed by atoms with Gasteiger partial charge in [-0.25, -0.2) is 8.42 Å². The van der Waals surface area contributed by atoms with Crippen molar-refractivity contribution in [2.24, 2.45) is 0 Å². The maximum absolute atomic E-state index is 13.2. The van der Waals surface area contributed by atoms with Crippen LogP contribution in [0, 0.1) is 0 Å². The molecule has 0 aromatic heterocycles. The second kappa shape index (κ2) is 11.5. The van der Waals surface area contributed by atoms with Crippen LogP contribution in [0.4, 0.5) is 5.69 Å². The summed E-state index contributed by atoms with van der Waals surface area (Å²) in [6.45, 7) is 1.73. The van der Waals surface area contributed by atoms with E-state index in [0.29, 0.717) is 31.1 Å². The van der Waals surface area contributed by atoms with Gasteiger partial charge in [0, 0.05) is 19.6 Å². The zero-order valence-corrected chi connectivity index (χ0v) is 20.4. The molecular weight excluding hydrogens is 442 g/mol. The number of rotatable bonds is 9. The molecule has 8 nitrogen and oxygen atoms in total. The number of carbonyl (C=O) groups excluding carboxylic acids is 1. The van der Waals surface area contributed by atoms with Gasteiger partial charge in [0.1, 0.15) is 11.5 Å². The number of nitrogens with one attached hydrogen (secondary N) is 1. The summed E-state index contributed by atoms with van der Waals surface area (Å²) in [5, 5.41) is 2.82. The lowest BCUT2D eigenvalue weighted by atomic mass is 10.2. The zero-order chi connectivity index (χ0) is 23.8. The molecule has 0 saturated carbocycles. The third kappa shape index (κ3) is 6.69. The predicted octanol–water partition coefficient (Wildman–Crippen LogP) is 3.34. The first-order valence-corrected chi connectivity index (χ1v) is 12.6. The largest absolute Gasteiger partial charge is 0.497 e. The van der Waals surface area contributed by atoms with Crippen molar-refractivity contribution in [3.8, 4) is 11.5 Å². The highest BCUT2D eigenvalue weighted by molar-refractivity contribution is 7.89. The zero-order valence-electron chi connectivity index (χ0n) is 19.5. The lowest BCUT2D eigenvalue weighted by Gasteiger charge is -2.21. The van der Waals surface area contributed by atoms with E-state index in [1.54, 1.807) is 13.2 Å². The van der Waals surface area contributed by atoms with Gasteiger partial charge < -0.3 is 14.8 Å². The Labute approximate surface area is 196 Å². The van der Waals surface area contributed by atoms with Crippen LogP contribution < -0.4 is 14.8 Å². The van der Waals surface area contributed by atoms with Crippen LogP contribution in [-0.4, -0.2) is 64.4 Å². The van der Waals surface area contributed by atoms with Crippen molar-refractivity contribution in [1.29, 1.82) is 0 Å². The van der Waals surface area contributed by atoms with Crippen molar-refractivity contribution in [2.75, 3.05) is 46.2 Å². The monoisotopic (exact) mass is 475 g/mol. The average molecular weight is 476 g/mol. The average Bonchev–Trinajstić information content (AvgIpc) is 3.09. The molecule has 0 atom stereocenters. The topological polar surface area (TPSA) is 88.2 Å². The highest BCUT2D eigenvalue weighted by Gasteiger charge is 2.26. The number of carbonyl (C=O) groups is 1. The summed E-state index contributed by atoms with van der Waals surface area (Å²) >= 11 is 0. The van der Waals surface area contributed by atoms with E-state index in [1.165, 1.54) is 23.5 Å². The Kier molecular flexibility index (Phi) is 8.71. The van der Waals surface area contributed by atoms with Crippen LogP contribution in [0.3, 0.4) is 0 Å². The highest BCUT2D eigenvalue weighted by atomic mass is 32.2. The molecule has 33 heavy (non-hydrogen) atoms. The Morgan fingerprint density at radius 3 is 2.42 bits per heavy atom. The smallest absolute Gasteiger partial charge is 0.243 e. The molecule has 1 heterocycles. The van der Waals surface area contributed by atoms with Crippen LogP contribution in [0.15, 0.2) is 47.4 Å². The fourth-order valence-corrected chi connectivity index (χ4v) is 5.49. The summed E-state index contributed by atoms with van der Waals surface area (Å²) in [5.74, 6) is 0.911. The first-order chi connectivity index (χ1) is 15.8. The quantitative estimate of drug-likeness (QED) is 0.599. The minimum absolute atomic E-state index is 0.128. The van der Waals surface area contributed by atoms with E-state index in [0.717, 1.165) is 37.0 Å². The van der Waals surface area contributed by atoms with Gasteiger partial charge in [-0.3, -0.25) is 9.69 Å².